The predicted molar refractivity (Wildman–Crippen MR) is 62.2 cm³/mol. The van der Waals surface area contributed by atoms with E-state index in [-0.39, 0.29) is 5.52 Å². The molecule has 2 rings (SSSR count). The number of rotatable bonds is 2. The number of nitrogens with zero attached hydrogens (tertiary/aromatic N) is 3. The van der Waals surface area contributed by atoms with Crippen molar-refractivity contribution in [1.29, 1.82) is 0 Å². The molecule has 6 heteroatoms. The van der Waals surface area contributed by atoms with E-state index in [9.17, 15) is 13.2 Å². The molecule has 0 bridgehead atoms. The van der Waals surface area contributed by atoms with Gasteiger partial charge in [0.1, 0.15) is 11.3 Å². The van der Waals surface area contributed by atoms with Crippen LogP contribution in [0, 0.1) is 6.92 Å². The maximum atomic E-state index is 12.9. The van der Waals surface area contributed by atoms with Crippen LogP contribution in [0.3, 0.4) is 0 Å². The summed E-state index contributed by atoms with van der Waals surface area (Å²) in [5, 5.41) is 0. The van der Waals surface area contributed by atoms with Gasteiger partial charge in [0.05, 0.1) is 5.56 Å². The summed E-state index contributed by atoms with van der Waals surface area (Å²) < 4.78 is 40.5. The number of hydrogen-bond acceptors (Lipinski definition) is 2. The van der Waals surface area contributed by atoms with Crippen LogP contribution in [-0.2, 0) is 19.6 Å². The molecule has 98 valence electrons. The summed E-state index contributed by atoms with van der Waals surface area (Å²) in [6.07, 6.45) is -2.93. The molecule has 0 saturated heterocycles. The molecule has 0 aliphatic rings. The molecule has 0 N–H and O–H groups in total. The van der Waals surface area contributed by atoms with Gasteiger partial charge >= 0.3 is 6.18 Å². The first-order valence-corrected chi connectivity index (χ1v) is 5.74. The second-order valence-electron chi connectivity index (χ2n) is 4.32. The van der Waals surface area contributed by atoms with Crippen LogP contribution in [0.1, 0.15) is 30.4 Å². The van der Waals surface area contributed by atoms with Crippen LogP contribution in [0.4, 0.5) is 13.2 Å². The van der Waals surface area contributed by atoms with E-state index in [1.54, 1.807) is 18.5 Å². The standard InChI is InChI=1S/C12H14F3N3/c1-4-5-9-17-10-8(12(13,14)15)6-7(2)16-11(10)18(9)3/h6H,4-5H2,1-3H3. The van der Waals surface area contributed by atoms with Crippen molar-refractivity contribution in [2.24, 2.45) is 7.05 Å². The van der Waals surface area contributed by atoms with Gasteiger partial charge in [-0.25, -0.2) is 9.97 Å². The Morgan fingerprint density at radius 3 is 2.50 bits per heavy atom. The van der Waals surface area contributed by atoms with Gasteiger partial charge in [-0.15, -0.1) is 0 Å². The van der Waals surface area contributed by atoms with Crippen molar-refractivity contribution in [3.05, 3.63) is 23.1 Å². The van der Waals surface area contributed by atoms with E-state index in [2.05, 4.69) is 9.97 Å². The van der Waals surface area contributed by atoms with Crippen LogP contribution in [0.2, 0.25) is 0 Å². The summed E-state index contributed by atoms with van der Waals surface area (Å²) in [5.74, 6) is 0.635. The Bertz CT molecular complexity index is 584. The van der Waals surface area contributed by atoms with Gasteiger partial charge in [-0.05, 0) is 19.4 Å². The second-order valence-corrected chi connectivity index (χ2v) is 4.32. The maximum Gasteiger partial charge on any atom is 0.418 e. The molecule has 2 heterocycles. The average molecular weight is 257 g/mol. The molecule has 0 amide bonds. The molecule has 18 heavy (non-hydrogen) atoms. The molecule has 2 aromatic rings. The number of aromatic nitrogens is 3. The molecule has 0 spiro atoms. The van der Waals surface area contributed by atoms with Crippen LogP contribution in [-0.4, -0.2) is 14.5 Å². The van der Waals surface area contributed by atoms with E-state index in [0.717, 1.165) is 12.5 Å². The molecule has 0 atom stereocenters. The minimum absolute atomic E-state index is 0.0564. The minimum atomic E-state index is -4.40. The van der Waals surface area contributed by atoms with Crippen LogP contribution in [0.25, 0.3) is 11.2 Å². The molecule has 0 saturated carbocycles. The van der Waals surface area contributed by atoms with Crippen LogP contribution in [0.5, 0.6) is 0 Å². The summed E-state index contributed by atoms with van der Waals surface area (Å²) in [4.78, 5) is 8.24. The van der Waals surface area contributed by atoms with Crippen LogP contribution >= 0.6 is 0 Å². The normalized spacial score (nSPS) is 12.3. The van der Waals surface area contributed by atoms with Gasteiger partial charge in [-0.3, -0.25) is 0 Å². The number of imidazole rings is 1. The Hall–Kier alpha value is -1.59. The largest absolute Gasteiger partial charge is 0.418 e. The third kappa shape index (κ3) is 2.07. The summed E-state index contributed by atoms with van der Waals surface area (Å²) in [7, 11) is 1.70. The molecule has 0 aliphatic heterocycles. The number of halogens is 3. The smallest absolute Gasteiger partial charge is 0.316 e. The molecule has 3 nitrogen and oxygen atoms in total. The summed E-state index contributed by atoms with van der Waals surface area (Å²) >= 11 is 0. The minimum Gasteiger partial charge on any atom is -0.316 e. The zero-order valence-electron chi connectivity index (χ0n) is 10.5. The lowest BCUT2D eigenvalue weighted by Crippen LogP contribution is -2.07. The predicted octanol–water partition coefficient (Wildman–Crippen LogP) is 3.25. The highest BCUT2D eigenvalue weighted by atomic mass is 19.4. The quantitative estimate of drug-likeness (QED) is 0.826. The van der Waals surface area contributed by atoms with Crippen molar-refractivity contribution in [1.82, 2.24) is 14.5 Å². The highest BCUT2D eigenvalue weighted by Crippen LogP contribution is 2.34. The molecule has 0 aliphatic carbocycles. The fourth-order valence-electron chi connectivity index (χ4n) is 1.98. The fraction of sp³-hybridized carbons (Fsp3) is 0.500. The first-order valence-electron chi connectivity index (χ1n) is 5.74. The monoisotopic (exact) mass is 257 g/mol. The van der Waals surface area contributed by atoms with E-state index in [0.29, 0.717) is 23.6 Å². The highest BCUT2D eigenvalue weighted by molar-refractivity contribution is 5.76. The lowest BCUT2D eigenvalue weighted by Gasteiger charge is -2.08. The van der Waals surface area contributed by atoms with Gasteiger partial charge < -0.3 is 4.57 Å². The first kappa shape index (κ1) is 12.9. The lowest BCUT2D eigenvalue weighted by molar-refractivity contribution is -0.136. The number of hydrogen-bond donors (Lipinski definition) is 0. The number of fused-ring (bicyclic) bond motifs is 1. The van der Waals surface area contributed by atoms with Crippen LogP contribution < -0.4 is 0 Å². The highest BCUT2D eigenvalue weighted by Gasteiger charge is 2.35. The first-order chi connectivity index (χ1) is 8.34. The van der Waals surface area contributed by atoms with Crippen molar-refractivity contribution in [3.8, 4) is 0 Å². The van der Waals surface area contributed by atoms with Gasteiger partial charge in [0.15, 0.2) is 5.65 Å². The molecule has 0 unspecified atom stereocenters. The molecular weight excluding hydrogens is 243 g/mol. The van der Waals surface area contributed by atoms with Gasteiger partial charge in [0.25, 0.3) is 0 Å². The zero-order chi connectivity index (χ0) is 13.5. The van der Waals surface area contributed by atoms with Crippen molar-refractivity contribution in [2.45, 2.75) is 32.9 Å². The Labute approximate surface area is 103 Å². The lowest BCUT2D eigenvalue weighted by atomic mass is 10.2. The van der Waals surface area contributed by atoms with E-state index in [1.807, 2.05) is 6.92 Å². The Morgan fingerprint density at radius 1 is 1.28 bits per heavy atom. The number of alkyl halides is 3. The summed E-state index contributed by atoms with van der Waals surface area (Å²) in [6, 6.07) is 1.05. The molecule has 0 fully saturated rings. The van der Waals surface area contributed by atoms with Crippen molar-refractivity contribution >= 4 is 11.2 Å². The SMILES string of the molecule is CCCc1nc2c(C(F)(F)F)cc(C)nc2n1C. The number of aryl methyl sites for hydroxylation is 3. The Balaban J connectivity index is 2.76. The topological polar surface area (TPSA) is 30.7 Å². The van der Waals surface area contributed by atoms with E-state index in [1.165, 1.54) is 0 Å². The molecular formula is C12H14F3N3. The third-order valence-corrected chi connectivity index (χ3v) is 2.83. The molecule has 0 aromatic carbocycles. The Morgan fingerprint density at radius 2 is 1.94 bits per heavy atom. The Kier molecular flexibility index (Phi) is 3.04. The van der Waals surface area contributed by atoms with E-state index < -0.39 is 11.7 Å². The van der Waals surface area contributed by atoms with Gasteiger partial charge in [0.2, 0.25) is 0 Å². The van der Waals surface area contributed by atoms with E-state index >= 15 is 0 Å². The zero-order valence-corrected chi connectivity index (χ0v) is 10.5. The van der Waals surface area contributed by atoms with Crippen molar-refractivity contribution in [2.75, 3.05) is 0 Å². The average Bonchev–Trinajstić information content (AvgIpc) is 2.55. The van der Waals surface area contributed by atoms with E-state index in [4.69, 9.17) is 0 Å². The summed E-state index contributed by atoms with van der Waals surface area (Å²) in [6.45, 7) is 3.52. The molecule has 0 radical (unpaired) electrons. The third-order valence-electron chi connectivity index (χ3n) is 2.83. The second kappa shape index (κ2) is 4.26. The van der Waals surface area contributed by atoms with Crippen LogP contribution in [0.15, 0.2) is 6.07 Å². The van der Waals surface area contributed by atoms with Crippen molar-refractivity contribution < 1.29 is 13.2 Å². The maximum absolute atomic E-state index is 12.9. The molecule has 2 aromatic heterocycles. The van der Waals surface area contributed by atoms with Crippen molar-refractivity contribution in [3.63, 3.8) is 0 Å². The van der Waals surface area contributed by atoms with Gasteiger partial charge in [-0.1, -0.05) is 6.92 Å². The fourth-order valence-corrected chi connectivity index (χ4v) is 1.98. The number of pyridine rings is 1. The summed E-state index contributed by atoms with van der Waals surface area (Å²) in [5.41, 5.74) is -0.117. The van der Waals surface area contributed by atoms with Gasteiger partial charge in [0, 0.05) is 19.2 Å². The van der Waals surface area contributed by atoms with Gasteiger partial charge in [-0.2, -0.15) is 13.2 Å².